The van der Waals surface area contributed by atoms with E-state index in [4.69, 9.17) is 0 Å². The van der Waals surface area contributed by atoms with Crippen molar-refractivity contribution in [1.82, 2.24) is 4.31 Å². The van der Waals surface area contributed by atoms with Crippen LogP contribution in [0.4, 0.5) is 5.69 Å². The van der Waals surface area contributed by atoms with Crippen molar-refractivity contribution >= 4 is 21.6 Å². The van der Waals surface area contributed by atoms with Gasteiger partial charge in [0.05, 0.1) is 4.90 Å². The number of amides is 1. The first-order valence-corrected chi connectivity index (χ1v) is 11.2. The lowest BCUT2D eigenvalue weighted by atomic mass is 9.96. The van der Waals surface area contributed by atoms with Crippen molar-refractivity contribution in [3.63, 3.8) is 0 Å². The highest BCUT2D eigenvalue weighted by Crippen LogP contribution is 2.27. The number of nitrogens with one attached hydrogen (secondary N) is 1. The molecular weight excluding hydrogens is 372 g/mol. The van der Waals surface area contributed by atoms with Crippen LogP contribution in [-0.4, -0.2) is 31.7 Å². The zero-order valence-electron chi connectivity index (χ0n) is 16.7. The average molecular weight is 401 g/mol. The Morgan fingerprint density at radius 3 is 2.43 bits per heavy atom. The number of anilines is 1. The van der Waals surface area contributed by atoms with E-state index in [9.17, 15) is 13.2 Å². The molecule has 0 spiro atoms. The lowest BCUT2D eigenvalue weighted by molar-refractivity contribution is 0.102. The van der Waals surface area contributed by atoms with Crippen molar-refractivity contribution in [2.24, 2.45) is 0 Å². The molecule has 3 rings (SSSR count). The molecule has 2 aromatic carbocycles. The third kappa shape index (κ3) is 4.28. The van der Waals surface area contributed by atoms with E-state index in [1.807, 2.05) is 32.0 Å². The van der Waals surface area contributed by atoms with Crippen LogP contribution in [0.15, 0.2) is 47.4 Å². The molecule has 28 heavy (non-hydrogen) atoms. The highest BCUT2D eigenvalue weighted by Gasteiger charge is 2.29. The standard InChI is InChI=1S/C22H28N2O3S/c1-16-9-7-14-21(17(16)2)23-22(25)18-10-8-13-20(15-18)28(26,27)24(3)19-11-5-4-6-12-19/h7-10,13-15,19H,4-6,11-12H2,1-3H3,(H,23,25). The van der Waals surface area contributed by atoms with Crippen LogP contribution >= 0.6 is 0 Å². The maximum atomic E-state index is 13.1. The van der Waals surface area contributed by atoms with Gasteiger partial charge >= 0.3 is 0 Å². The van der Waals surface area contributed by atoms with Crippen LogP contribution < -0.4 is 5.32 Å². The molecule has 150 valence electrons. The maximum Gasteiger partial charge on any atom is 0.255 e. The van der Waals surface area contributed by atoms with Crippen molar-refractivity contribution in [3.8, 4) is 0 Å². The minimum atomic E-state index is -3.63. The van der Waals surface area contributed by atoms with Gasteiger partial charge in [-0.25, -0.2) is 8.42 Å². The summed E-state index contributed by atoms with van der Waals surface area (Å²) in [6, 6.07) is 12.0. The number of carbonyl (C=O) groups excluding carboxylic acids is 1. The van der Waals surface area contributed by atoms with Gasteiger partial charge in [-0.05, 0) is 62.1 Å². The molecule has 1 saturated carbocycles. The zero-order chi connectivity index (χ0) is 20.3. The van der Waals surface area contributed by atoms with E-state index in [-0.39, 0.29) is 16.8 Å². The summed E-state index contributed by atoms with van der Waals surface area (Å²) in [7, 11) is -1.98. The Morgan fingerprint density at radius 1 is 1.04 bits per heavy atom. The Hall–Kier alpha value is -2.18. The summed E-state index contributed by atoms with van der Waals surface area (Å²) in [4.78, 5) is 12.9. The SMILES string of the molecule is Cc1cccc(NC(=O)c2cccc(S(=O)(=O)N(C)C3CCCCC3)c2)c1C. The molecule has 1 amide bonds. The number of benzene rings is 2. The van der Waals surface area contributed by atoms with Gasteiger partial charge in [-0.1, -0.05) is 37.5 Å². The van der Waals surface area contributed by atoms with Crippen molar-refractivity contribution in [1.29, 1.82) is 0 Å². The second kappa shape index (κ2) is 8.45. The maximum absolute atomic E-state index is 13.1. The van der Waals surface area contributed by atoms with E-state index in [1.165, 1.54) is 16.8 Å². The molecule has 0 heterocycles. The summed E-state index contributed by atoms with van der Waals surface area (Å²) >= 11 is 0. The molecule has 0 radical (unpaired) electrons. The van der Waals surface area contributed by atoms with Crippen molar-refractivity contribution in [3.05, 3.63) is 59.2 Å². The van der Waals surface area contributed by atoms with E-state index >= 15 is 0 Å². The van der Waals surface area contributed by atoms with Crippen LogP contribution in [-0.2, 0) is 10.0 Å². The van der Waals surface area contributed by atoms with Gasteiger partial charge in [0.1, 0.15) is 0 Å². The smallest absolute Gasteiger partial charge is 0.255 e. The second-order valence-corrected chi connectivity index (χ2v) is 9.54. The average Bonchev–Trinajstić information content (AvgIpc) is 2.71. The predicted molar refractivity (Wildman–Crippen MR) is 112 cm³/mol. The fraction of sp³-hybridized carbons (Fsp3) is 0.409. The first-order valence-electron chi connectivity index (χ1n) is 9.76. The number of nitrogens with zero attached hydrogens (tertiary/aromatic N) is 1. The van der Waals surface area contributed by atoms with Crippen LogP contribution in [0.3, 0.4) is 0 Å². The second-order valence-electron chi connectivity index (χ2n) is 7.54. The summed E-state index contributed by atoms with van der Waals surface area (Å²) < 4.78 is 27.6. The molecule has 1 fully saturated rings. The first kappa shape index (κ1) is 20.6. The number of aryl methyl sites for hydroxylation is 1. The number of hydrogen-bond donors (Lipinski definition) is 1. The van der Waals surface area contributed by atoms with E-state index in [1.54, 1.807) is 25.2 Å². The van der Waals surface area contributed by atoms with Gasteiger partial charge in [-0.2, -0.15) is 4.31 Å². The van der Waals surface area contributed by atoms with E-state index in [0.717, 1.165) is 42.5 Å². The summed E-state index contributed by atoms with van der Waals surface area (Å²) in [5, 5.41) is 2.89. The lowest BCUT2D eigenvalue weighted by Crippen LogP contribution is -2.38. The monoisotopic (exact) mass is 400 g/mol. The van der Waals surface area contributed by atoms with Gasteiger partial charge in [0.15, 0.2) is 0 Å². The Labute approximate surface area is 167 Å². The third-order valence-electron chi connectivity index (χ3n) is 5.71. The zero-order valence-corrected chi connectivity index (χ0v) is 17.6. The minimum absolute atomic E-state index is 0.0335. The number of sulfonamides is 1. The van der Waals surface area contributed by atoms with Crippen LogP contribution in [0.25, 0.3) is 0 Å². The van der Waals surface area contributed by atoms with Crippen LogP contribution in [0.2, 0.25) is 0 Å². The Kier molecular flexibility index (Phi) is 6.20. The summed E-state index contributed by atoms with van der Waals surface area (Å²) in [6.07, 6.45) is 5.06. The molecule has 0 unspecified atom stereocenters. The van der Waals surface area contributed by atoms with Gasteiger partial charge in [0.2, 0.25) is 10.0 Å². The summed E-state index contributed by atoms with van der Waals surface area (Å²) in [5.41, 5.74) is 3.15. The molecular formula is C22H28N2O3S. The van der Waals surface area contributed by atoms with E-state index in [2.05, 4.69) is 5.32 Å². The van der Waals surface area contributed by atoms with Crippen molar-refractivity contribution in [2.75, 3.05) is 12.4 Å². The highest BCUT2D eigenvalue weighted by atomic mass is 32.2. The quantitative estimate of drug-likeness (QED) is 0.803. The van der Waals surface area contributed by atoms with Crippen molar-refractivity contribution < 1.29 is 13.2 Å². The number of rotatable bonds is 5. The minimum Gasteiger partial charge on any atom is -0.322 e. The predicted octanol–water partition coefficient (Wildman–Crippen LogP) is 4.51. The lowest BCUT2D eigenvalue weighted by Gasteiger charge is -2.30. The topological polar surface area (TPSA) is 66.5 Å². The molecule has 1 aliphatic carbocycles. The van der Waals surface area contributed by atoms with Gasteiger partial charge < -0.3 is 5.32 Å². The van der Waals surface area contributed by atoms with Crippen LogP contribution in [0, 0.1) is 13.8 Å². The number of hydrogen-bond acceptors (Lipinski definition) is 3. The molecule has 6 heteroatoms. The molecule has 0 bridgehead atoms. The van der Waals surface area contributed by atoms with E-state index < -0.39 is 10.0 Å². The van der Waals surface area contributed by atoms with Crippen LogP contribution in [0.1, 0.15) is 53.6 Å². The van der Waals surface area contributed by atoms with Gasteiger partial charge in [-0.3, -0.25) is 4.79 Å². The molecule has 1 aliphatic rings. The fourth-order valence-electron chi connectivity index (χ4n) is 3.69. The molecule has 2 aromatic rings. The highest BCUT2D eigenvalue weighted by molar-refractivity contribution is 7.89. The number of carbonyl (C=O) groups is 1. The van der Waals surface area contributed by atoms with Gasteiger partial charge in [0, 0.05) is 24.3 Å². The molecule has 0 aliphatic heterocycles. The first-order chi connectivity index (χ1) is 13.3. The Bertz CT molecular complexity index is 963. The van der Waals surface area contributed by atoms with Gasteiger partial charge in [-0.15, -0.1) is 0 Å². The molecule has 5 nitrogen and oxygen atoms in total. The molecule has 0 atom stereocenters. The van der Waals surface area contributed by atoms with Crippen molar-refractivity contribution in [2.45, 2.75) is 56.9 Å². The van der Waals surface area contributed by atoms with Gasteiger partial charge in [0.25, 0.3) is 5.91 Å². The Morgan fingerprint density at radius 2 is 1.71 bits per heavy atom. The van der Waals surface area contributed by atoms with Crippen LogP contribution in [0.5, 0.6) is 0 Å². The summed E-state index contributed by atoms with van der Waals surface area (Å²) in [5.74, 6) is -0.314. The van der Waals surface area contributed by atoms with E-state index in [0.29, 0.717) is 5.56 Å². The fourth-order valence-corrected chi connectivity index (χ4v) is 5.15. The third-order valence-corrected chi connectivity index (χ3v) is 7.62. The molecule has 0 aromatic heterocycles. The largest absolute Gasteiger partial charge is 0.322 e. The normalized spacial score (nSPS) is 15.6. The summed E-state index contributed by atoms with van der Waals surface area (Å²) in [6.45, 7) is 3.93. The Balaban J connectivity index is 1.83. The molecule has 0 saturated heterocycles. The molecule has 1 N–H and O–H groups in total.